The summed E-state index contributed by atoms with van der Waals surface area (Å²) in [6.07, 6.45) is 0. The molecular weight excluding hydrogens is 288 g/mol. The highest BCUT2D eigenvalue weighted by Gasteiger charge is 2.05. The van der Waals surface area contributed by atoms with E-state index in [-0.39, 0.29) is 0 Å². The Labute approximate surface area is 134 Å². The van der Waals surface area contributed by atoms with Crippen molar-refractivity contribution >= 4 is 11.6 Å². The lowest BCUT2D eigenvalue weighted by Crippen LogP contribution is -2.22. The van der Waals surface area contributed by atoms with Crippen LogP contribution in [-0.4, -0.2) is 11.1 Å². The Morgan fingerprint density at radius 1 is 1.13 bits per heavy atom. The minimum Gasteiger partial charge on any atom is -0.370 e. The Hall–Kier alpha value is -3.08. The first-order valence-corrected chi connectivity index (χ1v) is 7.35. The SMILES string of the molecule is Cc1ccc(NC(N)=NCc2cc(-c3ccccc3)on2)cc1. The van der Waals surface area contributed by atoms with E-state index in [1.165, 1.54) is 5.56 Å². The molecule has 3 aromatic rings. The lowest BCUT2D eigenvalue weighted by Gasteiger charge is -2.05. The molecule has 5 nitrogen and oxygen atoms in total. The molecule has 1 heterocycles. The number of hydrogen-bond donors (Lipinski definition) is 2. The molecule has 116 valence electrons. The van der Waals surface area contributed by atoms with Gasteiger partial charge < -0.3 is 15.6 Å². The topological polar surface area (TPSA) is 76.4 Å². The molecule has 0 aliphatic rings. The number of aliphatic imine (C=N–C) groups is 1. The fraction of sp³-hybridized carbons (Fsp3) is 0.111. The molecule has 0 aliphatic heterocycles. The van der Waals surface area contributed by atoms with Gasteiger partial charge in [0, 0.05) is 17.3 Å². The molecule has 0 atom stereocenters. The molecule has 0 aliphatic carbocycles. The summed E-state index contributed by atoms with van der Waals surface area (Å²) < 4.78 is 5.33. The first-order chi connectivity index (χ1) is 11.2. The van der Waals surface area contributed by atoms with Crippen LogP contribution in [0.1, 0.15) is 11.3 Å². The van der Waals surface area contributed by atoms with Crippen LogP contribution in [0.25, 0.3) is 11.3 Å². The summed E-state index contributed by atoms with van der Waals surface area (Å²) in [5, 5.41) is 7.06. The Bertz CT molecular complexity index is 791. The van der Waals surface area contributed by atoms with Gasteiger partial charge in [-0.15, -0.1) is 0 Å². The van der Waals surface area contributed by atoms with Crippen LogP contribution in [0.4, 0.5) is 5.69 Å². The van der Waals surface area contributed by atoms with E-state index in [0.29, 0.717) is 12.5 Å². The maximum atomic E-state index is 5.89. The summed E-state index contributed by atoms with van der Waals surface area (Å²) in [4.78, 5) is 4.28. The van der Waals surface area contributed by atoms with E-state index in [4.69, 9.17) is 10.3 Å². The van der Waals surface area contributed by atoms with Crippen molar-refractivity contribution in [2.45, 2.75) is 13.5 Å². The van der Waals surface area contributed by atoms with E-state index < -0.39 is 0 Å². The van der Waals surface area contributed by atoms with E-state index >= 15 is 0 Å². The first-order valence-electron chi connectivity index (χ1n) is 7.35. The van der Waals surface area contributed by atoms with Gasteiger partial charge in [0.15, 0.2) is 11.7 Å². The van der Waals surface area contributed by atoms with Crippen molar-refractivity contribution in [1.82, 2.24) is 5.16 Å². The number of aryl methyl sites for hydroxylation is 1. The number of hydrogen-bond acceptors (Lipinski definition) is 3. The summed E-state index contributed by atoms with van der Waals surface area (Å²) in [6.45, 7) is 2.40. The van der Waals surface area contributed by atoms with Crippen LogP contribution >= 0.6 is 0 Å². The monoisotopic (exact) mass is 306 g/mol. The largest absolute Gasteiger partial charge is 0.370 e. The molecule has 0 unspecified atom stereocenters. The number of nitrogens with one attached hydrogen (secondary N) is 1. The zero-order chi connectivity index (χ0) is 16.1. The molecule has 0 radical (unpaired) electrons. The first kappa shape index (κ1) is 14.8. The number of benzene rings is 2. The van der Waals surface area contributed by atoms with Gasteiger partial charge in [-0.3, -0.25) is 0 Å². The zero-order valence-corrected chi connectivity index (χ0v) is 12.9. The van der Waals surface area contributed by atoms with Crippen molar-refractivity contribution < 1.29 is 4.52 Å². The summed E-state index contributed by atoms with van der Waals surface area (Å²) in [6, 6.07) is 19.6. The van der Waals surface area contributed by atoms with Gasteiger partial charge in [0.25, 0.3) is 0 Å². The van der Waals surface area contributed by atoms with Crippen LogP contribution in [0.3, 0.4) is 0 Å². The molecule has 2 aromatic carbocycles. The van der Waals surface area contributed by atoms with Gasteiger partial charge in [-0.25, -0.2) is 4.99 Å². The van der Waals surface area contributed by atoms with Crippen molar-refractivity contribution in [3.63, 3.8) is 0 Å². The number of rotatable bonds is 4. The smallest absolute Gasteiger partial charge is 0.193 e. The fourth-order valence-corrected chi connectivity index (χ4v) is 2.12. The number of nitrogens with two attached hydrogens (primary N) is 1. The van der Waals surface area contributed by atoms with Crippen molar-refractivity contribution in [1.29, 1.82) is 0 Å². The second-order valence-electron chi connectivity index (χ2n) is 5.24. The third kappa shape index (κ3) is 3.97. The molecule has 0 bridgehead atoms. The van der Waals surface area contributed by atoms with E-state index in [0.717, 1.165) is 22.7 Å². The van der Waals surface area contributed by atoms with Gasteiger partial charge in [0.05, 0.1) is 6.54 Å². The number of guanidine groups is 1. The van der Waals surface area contributed by atoms with Gasteiger partial charge in [-0.1, -0.05) is 53.2 Å². The highest BCUT2D eigenvalue weighted by molar-refractivity contribution is 5.92. The Balaban J connectivity index is 1.63. The van der Waals surface area contributed by atoms with Crippen molar-refractivity contribution in [2.24, 2.45) is 10.7 Å². The summed E-state index contributed by atoms with van der Waals surface area (Å²) in [5.41, 5.74) is 9.71. The normalized spacial score (nSPS) is 11.4. The maximum Gasteiger partial charge on any atom is 0.193 e. The van der Waals surface area contributed by atoms with Crippen LogP contribution in [-0.2, 0) is 6.54 Å². The van der Waals surface area contributed by atoms with E-state index in [9.17, 15) is 0 Å². The Morgan fingerprint density at radius 3 is 2.61 bits per heavy atom. The van der Waals surface area contributed by atoms with Gasteiger partial charge in [-0.05, 0) is 19.1 Å². The highest BCUT2D eigenvalue weighted by Crippen LogP contribution is 2.19. The summed E-state index contributed by atoms with van der Waals surface area (Å²) in [5.74, 6) is 1.07. The van der Waals surface area contributed by atoms with Crippen molar-refractivity contribution in [2.75, 3.05) is 5.32 Å². The lowest BCUT2D eigenvalue weighted by molar-refractivity contribution is 0.424. The van der Waals surface area contributed by atoms with E-state index in [1.54, 1.807) is 0 Å². The van der Waals surface area contributed by atoms with Crippen molar-refractivity contribution in [3.05, 3.63) is 71.9 Å². The third-order valence-electron chi connectivity index (χ3n) is 3.35. The molecule has 3 N–H and O–H groups in total. The van der Waals surface area contributed by atoms with Gasteiger partial charge in [0.2, 0.25) is 0 Å². The molecule has 0 saturated carbocycles. The van der Waals surface area contributed by atoms with Crippen LogP contribution < -0.4 is 11.1 Å². The number of nitrogens with zero attached hydrogens (tertiary/aromatic N) is 2. The molecule has 1 aromatic heterocycles. The molecule has 5 heteroatoms. The van der Waals surface area contributed by atoms with Gasteiger partial charge in [-0.2, -0.15) is 0 Å². The third-order valence-corrected chi connectivity index (χ3v) is 3.35. The second kappa shape index (κ2) is 6.79. The quantitative estimate of drug-likeness (QED) is 0.570. The highest BCUT2D eigenvalue weighted by atomic mass is 16.5. The number of anilines is 1. The average Bonchev–Trinajstić information content (AvgIpc) is 3.05. The predicted molar refractivity (Wildman–Crippen MR) is 92.1 cm³/mol. The van der Waals surface area contributed by atoms with Crippen LogP contribution in [0.5, 0.6) is 0 Å². The standard InChI is InChI=1S/C18H18N4O/c1-13-7-9-15(10-8-13)21-18(19)20-12-16-11-17(23-22-16)14-5-3-2-4-6-14/h2-11H,12H2,1H3,(H3,19,20,21). The second-order valence-corrected chi connectivity index (χ2v) is 5.24. The summed E-state index contributed by atoms with van der Waals surface area (Å²) >= 11 is 0. The van der Waals surface area contributed by atoms with E-state index in [1.807, 2.05) is 67.6 Å². The molecule has 0 spiro atoms. The Kier molecular flexibility index (Phi) is 4.38. The molecule has 0 saturated heterocycles. The summed E-state index contributed by atoms with van der Waals surface area (Å²) in [7, 11) is 0. The average molecular weight is 306 g/mol. The Morgan fingerprint density at radius 2 is 1.87 bits per heavy atom. The predicted octanol–water partition coefficient (Wildman–Crippen LogP) is 3.58. The van der Waals surface area contributed by atoms with Crippen molar-refractivity contribution in [3.8, 4) is 11.3 Å². The molecule has 0 amide bonds. The maximum absolute atomic E-state index is 5.89. The lowest BCUT2D eigenvalue weighted by atomic mass is 10.2. The minimum atomic E-state index is 0.345. The molecule has 3 rings (SSSR count). The molecule has 23 heavy (non-hydrogen) atoms. The van der Waals surface area contributed by atoms with Crippen LogP contribution in [0.15, 0.2) is 70.2 Å². The van der Waals surface area contributed by atoms with Gasteiger partial charge in [0.1, 0.15) is 5.69 Å². The molecule has 0 fully saturated rings. The van der Waals surface area contributed by atoms with E-state index in [2.05, 4.69) is 15.5 Å². The van der Waals surface area contributed by atoms with Crippen LogP contribution in [0, 0.1) is 6.92 Å². The zero-order valence-electron chi connectivity index (χ0n) is 12.9. The number of aromatic nitrogens is 1. The minimum absolute atomic E-state index is 0.345. The molecular formula is C18H18N4O. The van der Waals surface area contributed by atoms with Gasteiger partial charge >= 0.3 is 0 Å². The fourth-order valence-electron chi connectivity index (χ4n) is 2.12. The van der Waals surface area contributed by atoms with Crippen LogP contribution in [0.2, 0.25) is 0 Å².